The smallest absolute Gasteiger partial charge is 0.220 e. The fourth-order valence-corrected chi connectivity index (χ4v) is 11.1. The zero-order valence-electron chi connectivity index (χ0n) is 52.6. The predicted octanol–water partition coefficient (Wildman–Crippen LogP) is 18.8. The van der Waals surface area contributed by atoms with Gasteiger partial charge >= 0.3 is 0 Å². The SMILES string of the molecule is CCCCCCC/C=C\C/C=C\CCCCCCCCCCCCCCCCCCCCCCCCCCCCCCCC(=O)NC(COC1OC(CO)C(O)C(O)C1O)C(O)/C=C/CC/C=C/CCCCCCCCCCCC. The molecule has 9 heteroatoms. The van der Waals surface area contributed by atoms with Gasteiger partial charge in [0.15, 0.2) is 6.29 Å². The fraction of sp³-hybridized carbons (Fsp3) is 0.873. The molecule has 0 aromatic carbocycles. The van der Waals surface area contributed by atoms with Crippen LogP contribution in [0.3, 0.4) is 0 Å². The second-order valence-corrected chi connectivity index (χ2v) is 24.3. The van der Waals surface area contributed by atoms with Crippen molar-refractivity contribution in [3.8, 4) is 0 Å². The van der Waals surface area contributed by atoms with Gasteiger partial charge in [0.05, 0.1) is 25.4 Å². The van der Waals surface area contributed by atoms with E-state index in [2.05, 4.69) is 55.6 Å². The van der Waals surface area contributed by atoms with Crippen molar-refractivity contribution in [3.05, 3.63) is 48.6 Å². The van der Waals surface area contributed by atoms with E-state index in [9.17, 15) is 30.3 Å². The third-order valence-corrected chi connectivity index (χ3v) is 16.6. The Hall–Kier alpha value is -1.85. The number of ether oxygens (including phenoxy) is 2. The number of allylic oxidation sites excluding steroid dienone is 7. The summed E-state index contributed by atoms with van der Waals surface area (Å²) in [5, 5.41) is 54.6. The van der Waals surface area contributed by atoms with Gasteiger partial charge < -0.3 is 40.3 Å². The maximum atomic E-state index is 13.1. The molecule has 1 amide bonds. The summed E-state index contributed by atoms with van der Waals surface area (Å²) in [6.07, 6.45) is 75.3. The number of nitrogens with one attached hydrogen (secondary N) is 1. The normalized spacial score (nSPS) is 18.7. The van der Waals surface area contributed by atoms with Crippen LogP contribution in [0.4, 0.5) is 0 Å². The van der Waals surface area contributed by atoms with Crippen molar-refractivity contribution in [2.75, 3.05) is 13.2 Å². The van der Waals surface area contributed by atoms with Gasteiger partial charge in [0, 0.05) is 6.42 Å². The Labute approximate surface area is 494 Å². The zero-order valence-corrected chi connectivity index (χ0v) is 52.6. The lowest BCUT2D eigenvalue weighted by molar-refractivity contribution is -0.302. The third kappa shape index (κ3) is 48.5. The molecule has 1 aliphatic heterocycles. The number of carbonyl (C=O) groups excluding carboxylic acids is 1. The van der Waals surface area contributed by atoms with E-state index >= 15 is 0 Å². The summed E-state index contributed by atoms with van der Waals surface area (Å²) < 4.78 is 11.3. The third-order valence-electron chi connectivity index (χ3n) is 16.6. The summed E-state index contributed by atoms with van der Waals surface area (Å²) in [4.78, 5) is 13.1. The average Bonchev–Trinajstić information content (AvgIpc) is 3.46. The van der Waals surface area contributed by atoms with Crippen LogP contribution in [0, 0.1) is 0 Å². The van der Waals surface area contributed by atoms with Crippen molar-refractivity contribution in [3.63, 3.8) is 0 Å². The minimum absolute atomic E-state index is 0.181. The van der Waals surface area contributed by atoms with Gasteiger partial charge in [-0.05, 0) is 64.2 Å². The Bertz CT molecular complexity index is 1400. The Balaban J connectivity index is 2.03. The minimum Gasteiger partial charge on any atom is -0.394 e. The van der Waals surface area contributed by atoms with E-state index < -0.39 is 49.5 Å². The Morgan fingerprint density at radius 1 is 0.425 bits per heavy atom. The largest absolute Gasteiger partial charge is 0.394 e. The van der Waals surface area contributed by atoms with Gasteiger partial charge in [-0.1, -0.05) is 319 Å². The maximum Gasteiger partial charge on any atom is 0.220 e. The highest BCUT2D eigenvalue weighted by Gasteiger charge is 2.44. The molecule has 0 bridgehead atoms. The van der Waals surface area contributed by atoms with Crippen LogP contribution in [0.15, 0.2) is 48.6 Å². The summed E-state index contributed by atoms with van der Waals surface area (Å²) >= 11 is 0. The highest BCUT2D eigenvalue weighted by atomic mass is 16.7. The first-order valence-corrected chi connectivity index (χ1v) is 34.9. The monoisotopic (exact) mass is 1130 g/mol. The summed E-state index contributed by atoms with van der Waals surface area (Å²) in [5.74, 6) is -0.181. The minimum atomic E-state index is -1.57. The van der Waals surface area contributed by atoms with E-state index in [0.717, 1.165) is 44.9 Å². The molecule has 0 spiro atoms. The first kappa shape index (κ1) is 76.2. The zero-order chi connectivity index (χ0) is 57.9. The molecule has 0 aliphatic carbocycles. The molecule has 80 heavy (non-hydrogen) atoms. The molecule has 470 valence electrons. The van der Waals surface area contributed by atoms with Crippen LogP contribution >= 0.6 is 0 Å². The summed E-state index contributed by atoms with van der Waals surface area (Å²) in [6.45, 7) is 3.78. The first-order valence-electron chi connectivity index (χ1n) is 34.9. The second-order valence-electron chi connectivity index (χ2n) is 24.3. The highest BCUT2D eigenvalue weighted by molar-refractivity contribution is 5.76. The van der Waals surface area contributed by atoms with Crippen molar-refractivity contribution in [1.29, 1.82) is 0 Å². The standard InChI is InChI=1S/C71H133NO8/c1-3-5-7-9-11-13-15-17-19-21-22-23-24-25-26-27-28-29-30-31-32-33-34-35-36-37-38-39-40-41-42-43-44-45-47-49-51-53-55-57-59-61-67(75)72-64(63-79-71-70(78)69(77)68(76)66(62-73)80-71)65(74)60-58-56-54-52-50-48-46-20-18-16-14-12-10-8-6-4-2/h15,17,21-22,50,52,58,60,64-66,68-71,73-74,76-78H,3-14,16,18-20,23-49,51,53-57,59,61-63H2,1-2H3,(H,72,75)/b17-15-,22-21-,52-50+,60-58+. The molecular weight excluding hydrogens is 995 g/mol. The number of amides is 1. The van der Waals surface area contributed by atoms with Crippen LogP contribution < -0.4 is 5.32 Å². The van der Waals surface area contributed by atoms with Gasteiger partial charge in [-0.25, -0.2) is 0 Å². The first-order chi connectivity index (χ1) is 39.3. The molecule has 1 heterocycles. The lowest BCUT2D eigenvalue weighted by Gasteiger charge is -2.40. The van der Waals surface area contributed by atoms with Crippen LogP contribution in [-0.2, 0) is 14.3 Å². The van der Waals surface area contributed by atoms with Crippen molar-refractivity contribution in [2.24, 2.45) is 0 Å². The van der Waals surface area contributed by atoms with E-state index in [0.29, 0.717) is 6.42 Å². The van der Waals surface area contributed by atoms with Crippen molar-refractivity contribution in [1.82, 2.24) is 5.32 Å². The maximum absolute atomic E-state index is 13.1. The van der Waals surface area contributed by atoms with E-state index in [1.54, 1.807) is 6.08 Å². The number of hydrogen-bond donors (Lipinski definition) is 6. The van der Waals surface area contributed by atoms with Gasteiger partial charge in [0.1, 0.15) is 24.4 Å². The van der Waals surface area contributed by atoms with Gasteiger partial charge in [-0.15, -0.1) is 0 Å². The number of unbranched alkanes of at least 4 members (excludes halogenated alkanes) is 45. The van der Waals surface area contributed by atoms with Crippen LogP contribution in [0.2, 0.25) is 0 Å². The molecule has 1 fully saturated rings. The molecule has 1 rings (SSSR count). The van der Waals surface area contributed by atoms with Gasteiger partial charge in [-0.2, -0.15) is 0 Å². The van der Waals surface area contributed by atoms with E-state index in [-0.39, 0.29) is 12.5 Å². The number of rotatable bonds is 61. The Morgan fingerprint density at radius 2 is 0.750 bits per heavy atom. The summed E-state index contributed by atoms with van der Waals surface area (Å²) in [5.41, 5.74) is 0. The number of hydrogen-bond acceptors (Lipinski definition) is 8. The molecule has 6 N–H and O–H groups in total. The molecule has 7 unspecified atom stereocenters. The van der Waals surface area contributed by atoms with Crippen LogP contribution in [0.5, 0.6) is 0 Å². The van der Waals surface area contributed by atoms with Gasteiger partial charge in [-0.3, -0.25) is 4.79 Å². The van der Waals surface area contributed by atoms with E-state index in [1.165, 1.54) is 276 Å². The average molecular weight is 1130 g/mol. The molecule has 0 aromatic rings. The Morgan fingerprint density at radius 3 is 1.12 bits per heavy atom. The molecule has 0 radical (unpaired) electrons. The molecule has 0 saturated carbocycles. The van der Waals surface area contributed by atoms with Crippen molar-refractivity contribution < 1.29 is 39.8 Å². The Kier molecular flexibility index (Phi) is 57.4. The second kappa shape index (κ2) is 60.3. The van der Waals surface area contributed by atoms with Crippen molar-refractivity contribution >= 4 is 5.91 Å². The molecule has 7 atom stereocenters. The van der Waals surface area contributed by atoms with Gasteiger partial charge in [0.2, 0.25) is 5.91 Å². The van der Waals surface area contributed by atoms with Gasteiger partial charge in [0.25, 0.3) is 0 Å². The van der Waals surface area contributed by atoms with Crippen molar-refractivity contribution in [2.45, 2.75) is 384 Å². The quantitative estimate of drug-likeness (QED) is 0.0261. The lowest BCUT2D eigenvalue weighted by atomic mass is 9.99. The van der Waals surface area contributed by atoms with Crippen LogP contribution in [0.1, 0.15) is 341 Å². The molecule has 9 nitrogen and oxygen atoms in total. The summed E-state index contributed by atoms with van der Waals surface area (Å²) in [7, 11) is 0. The number of carbonyl (C=O) groups is 1. The summed E-state index contributed by atoms with van der Waals surface area (Å²) in [6, 6.07) is -0.820. The predicted molar refractivity (Wildman–Crippen MR) is 341 cm³/mol. The number of aliphatic hydroxyl groups excluding tert-OH is 5. The number of aliphatic hydroxyl groups is 5. The topological polar surface area (TPSA) is 149 Å². The molecular formula is C71H133NO8. The molecule has 1 aliphatic rings. The molecule has 0 aromatic heterocycles. The van der Waals surface area contributed by atoms with E-state index in [1.807, 2.05) is 6.08 Å². The fourth-order valence-electron chi connectivity index (χ4n) is 11.1. The van der Waals surface area contributed by atoms with Crippen LogP contribution in [0.25, 0.3) is 0 Å². The lowest BCUT2D eigenvalue weighted by Crippen LogP contribution is -2.60. The van der Waals surface area contributed by atoms with Crippen LogP contribution in [-0.4, -0.2) is 87.5 Å². The molecule has 1 saturated heterocycles. The highest BCUT2D eigenvalue weighted by Crippen LogP contribution is 2.23. The van der Waals surface area contributed by atoms with E-state index in [4.69, 9.17) is 9.47 Å².